The number of amides is 1. The Morgan fingerprint density at radius 2 is 2.07 bits per heavy atom. The highest BCUT2D eigenvalue weighted by molar-refractivity contribution is 6.00. The Morgan fingerprint density at radius 1 is 1.33 bits per heavy atom. The summed E-state index contributed by atoms with van der Waals surface area (Å²) in [6, 6.07) is -0.361. The maximum atomic E-state index is 12.9. The molecule has 1 aliphatic heterocycles. The Morgan fingerprint density at radius 3 is 2.60 bits per heavy atom. The Hall–Kier alpha value is -1.00. The molecule has 2 rings (SSSR count). The molecule has 2 aliphatic rings. The van der Waals surface area contributed by atoms with Crippen LogP contribution in [-0.2, 0) is 9.59 Å². The number of carbonyl (C=O) groups excluding carboxylic acids is 2. The van der Waals surface area contributed by atoms with Gasteiger partial charge in [-0.25, -0.2) is 8.78 Å². The van der Waals surface area contributed by atoms with Crippen LogP contribution in [0, 0.1) is 0 Å². The number of Topliss-reactive ketones (excluding diaryl/α,β-unsaturated/α-hetero) is 1. The van der Waals surface area contributed by atoms with Gasteiger partial charge in [0.2, 0.25) is 11.8 Å². The van der Waals surface area contributed by atoms with Crippen molar-refractivity contribution in [2.45, 2.75) is 44.1 Å². The lowest BCUT2D eigenvalue weighted by Crippen LogP contribution is -2.45. The summed E-state index contributed by atoms with van der Waals surface area (Å²) in [5.41, 5.74) is 0. The zero-order valence-corrected chi connectivity index (χ0v) is 8.34. The summed E-state index contributed by atoms with van der Waals surface area (Å²) in [6.07, 6.45) is 0.172. The van der Waals surface area contributed by atoms with E-state index >= 15 is 0 Å². The highest BCUT2D eigenvalue weighted by Crippen LogP contribution is 2.38. The number of carbonyl (C=O) groups is 2. The summed E-state index contributed by atoms with van der Waals surface area (Å²) in [4.78, 5) is 23.9. The monoisotopic (exact) mass is 217 g/mol. The SMILES string of the molecule is O=C1CCN(C2CCC(F)(F)C2)C(=O)C1. The van der Waals surface area contributed by atoms with Crippen LogP contribution in [0.25, 0.3) is 0 Å². The molecule has 1 saturated heterocycles. The zero-order chi connectivity index (χ0) is 11.1. The van der Waals surface area contributed by atoms with Crippen molar-refractivity contribution >= 4 is 11.7 Å². The fourth-order valence-corrected chi connectivity index (χ4v) is 2.31. The minimum absolute atomic E-state index is 0.0824. The van der Waals surface area contributed by atoms with Crippen molar-refractivity contribution in [1.82, 2.24) is 4.90 Å². The Kier molecular flexibility index (Phi) is 2.48. The second-order valence-corrected chi connectivity index (χ2v) is 4.31. The van der Waals surface area contributed by atoms with E-state index in [1.165, 1.54) is 4.90 Å². The molecule has 0 radical (unpaired) electrons. The number of halogens is 2. The molecule has 84 valence electrons. The fraction of sp³-hybridized carbons (Fsp3) is 0.800. The van der Waals surface area contributed by atoms with Crippen molar-refractivity contribution in [2.24, 2.45) is 0 Å². The van der Waals surface area contributed by atoms with Crippen LogP contribution in [0.3, 0.4) is 0 Å². The summed E-state index contributed by atoms with van der Waals surface area (Å²) < 4.78 is 25.9. The van der Waals surface area contributed by atoms with Gasteiger partial charge in [0.25, 0.3) is 0 Å². The number of rotatable bonds is 1. The molecule has 2 fully saturated rings. The van der Waals surface area contributed by atoms with E-state index < -0.39 is 5.92 Å². The number of alkyl halides is 2. The molecule has 1 heterocycles. The van der Waals surface area contributed by atoms with E-state index in [0.29, 0.717) is 19.4 Å². The lowest BCUT2D eigenvalue weighted by atomic mass is 10.1. The summed E-state index contributed by atoms with van der Waals surface area (Å²) in [5, 5.41) is 0. The topological polar surface area (TPSA) is 37.4 Å². The molecule has 0 aromatic heterocycles. The third-order valence-electron chi connectivity index (χ3n) is 3.12. The van der Waals surface area contributed by atoms with E-state index in [0.717, 1.165) is 0 Å². The maximum absolute atomic E-state index is 12.9. The van der Waals surface area contributed by atoms with Crippen LogP contribution in [0.1, 0.15) is 32.1 Å². The van der Waals surface area contributed by atoms with Gasteiger partial charge in [-0.1, -0.05) is 0 Å². The van der Waals surface area contributed by atoms with Gasteiger partial charge in [-0.05, 0) is 6.42 Å². The molecule has 3 nitrogen and oxygen atoms in total. The molecule has 1 aliphatic carbocycles. The predicted molar refractivity (Wildman–Crippen MR) is 48.5 cm³/mol. The van der Waals surface area contributed by atoms with Gasteiger partial charge in [-0.15, -0.1) is 0 Å². The van der Waals surface area contributed by atoms with E-state index in [4.69, 9.17) is 0 Å². The van der Waals surface area contributed by atoms with Gasteiger partial charge in [0.1, 0.15) is 5.78 Å². The van der Waals surface area contributed by atoms with E-state index in [1.807, 2.05) is 0 Å². The molecular weight excluding hydrogens is 204 g/mol. The molecule has 15 heavy (non-hydrogen) atoms. The normalized spacial score (nSPS) is 31.1. The number of piperidine rings is 1. The van der Waals surface area contributed by atoms with Crippen molar-refractivity contribution in [3.63, 3.8) is 0 Å². The lowest BCUT2D eigenvalue weighted by Gasteiger charge is -2.31. The molecule has 0 bridgehead atoms. The second-order valence-electron chi connectivity index (χ2n) is 4.31. The molecule has 1 saturated carbocycles. The Bertz CT molecular complexity index is 304. The molecule has 1 atom stereocenters. The Balaban J connectivity index is 2.00. The first kappa shape index (κ1) is 10.5. The van der Waals surface area contributed by atoms with Crippen LogP contribution >= 0.6 is 0 Å². The molecule has 5 heteroatoms. The number of ketones is 1. The van der Waals surface area contributed by atoms with Crippen LogP contribution in [0.5, 0.6) is 0 Å². The molecule has 1 amide bonds. The maximum Gasteiger partial charge on any atom is 0.250 e. The zero-order valence-electron chi connectivity index (χ0n) is 8.34. The largest absolute Gasteiger partial charge is 0.339 e. The van der Waals surface area contributed by atoms with Gasteiger partial charge >= 0.3 is 0 Å². The fourth-order valence-electron chi connectivity index (χ4n) is 2.31. The van der Waals surface area contributed by atoms with Crippen molar-refractivity contribution in [3.05, 3.63) is 0 Å². The van der Waals surface area contributed by atoms with Gasteiger partial charge in [-0.2, -0.15) is 0 Å². The van der Waals surface area contributed by atoms with Gasteiger partial charge in [-0.3, -0.25) is 9.59 Å². The van der Waals surface area contributed by atoms with Gasteiger partial charge in [0.05, 0.1) is 6.42 Å². The molecule has 1 unspecified atom stereocenters. The van der Waals surface area contributed by atoms with Gasteiger partial charge in [0, 0.05) is 31.8 Å². The minimum atomic E-state index is -2.63. The summed E-state index contributed by atoms with van der Waals surface area (Å²) >= 11 is 0. The van der Waals surface area contributed by atoms with Crippen molar-refractivity contribution in [3.8, 4) is 0 Å². The van der Waals surface area contributed by atoms with E-state index in [-0.39, 0.29) is 37.0 Å². The second kappa shape index (κ2) is 3.54. The first-order chi connectivity index (χ1) is 6.98. The van der Waals surface area contributed by atoms with E-state index in [9.17, 15) is 18.4 Å². The van der Waals surface area contributed by atoms with Crippen LogP contribution in [-0.4, -0.2) is 35.1 Å². The standard InChI is InChI=1S/C10H13F2NO2/c11-10(12)3-1-7(6-10)13-4-2-8(14)5-9(13)15/h7H,1-6H2. The molecule has 0 spiro atoms. The number of hydrogen-bond donors (Lipinski definition) is 0. The van der Waals surface area contributed by atoms with Crippen molar-refractivity contribution < 1.29 is 18.4 Å². The average molecular weight is 217 g/mol. The smallest absolute Gasteiger partial charge is 0.250 e. The molecule has 0 aromatic carbocycles. The predicted octanol–water partition coefficient (Wildman–Crippen LogP) is 1.37. The quantitative estimate of drug-likeness (QED) is 0.622. The molecule has 0 aromatic rings. The third-order valence-corrected chi connectivity index (χ3v) is 3.12. The number of likely N-dealkylation sites (tertiary alicyclic amines) is 1. The number of nitrogens with zero attached hydrogens (tertiary/aromatic N) is 1. The highest BCUT2D eigenvalue weighted by atomic mass is 19.3. The van der Waals surface area contributed by atoms with Gasteiger partial charge < -0.3 is 4.90 Å². The summed E-state index contributed by atoms with van der Waals surface area (Å²) in [7, 11) is 0. The van der Waals surface area contributed by atoms with E-state index in [2.05, 4.69) is 0 Å². The van der Waals surface area contributed by atoms with Crippen LogP contribution in [0.15, 0.2) is 0 Å². The van der Waals surface area contributed by atoms with E-state index in [1.54, 1.807) is 0 Å². The van der Waals surface area contributed by atoms with Crippen LogP contribution in [0.4, 0.5) is 8.78 Å². The van der Waals surface area contributed by atoms with Crippen LogP contribution in [0.2, 0.25) is 0 Å². The van der Waals surface area contributed by atoms with Crippen molar-refractivity contribution in [1.29, 1.82) is 0 Å². The first-order valence-corrected chi connectivity index (χ1v) is 5.17. The summed E-state index contributed by atoms with van der Waals surface area (Å²) in [5.74, 6) is -3.00. The summed E-state index contributed by atoms with van der Waals surface area (Å²) in [6.45, 7) is 0.318. The molecular formula is C10H13F2NO2. The van der Waals surface area contributed by atoms with Crippen molar-refractivity contribution in [2.75, 3.05) is 6.54 Å². The minimum Gasteiger partial charge on any atom is -0.339 e. The molecule has 0 N–H and O–H groups in total. The first-order valence-electron chi connectivity index (χ1n) is 5.17. The average Bonchev–Trinajstić information content (AvgIpc) is 2.46. The van der Waals surface area contributed by atoms with Crippen LogP contribution < -0.4 is 0 Å². The highest BCUT2D eigenvalue weighted by Gasteiger charge is 2.43. The Labute approximate surface area is 86.4 Å². The lowest BCUT2D eigenvalue weighted by molar-refractivity contribution is -0.141. The number of hydrogen-bond acceptors (Lipinski definition) is 2. The third kappa shape index (κ3) is 2.16. The van der Waals surface area contributed by atoms with Gasteiger partial charge in [0.15, 0.2) is 0 Å².